The van der Waals surface area contributed by atoms with E-state index in [1.165, 1.54) is 5.57 Å². The van der Waals surface area contributed by atoms with Gasteiger partial charge < -0.3 is 4.74 Å². The fourth-order valence-electron chi connectivity index (χ4n) is 1.21. The Morgan fingerprint density at radius 2 is 2.33 bits per heavy atom. The molecule has 0 radical (unpaired) electrons. The second-order valence-electron chi connectivity index (χ2n) is 3.02. The maximum Gasteiger partial charge on any atom is 0.0678 e. The van der Waals surface area contributed by atoms with E-state index in [1.54, 1.807) is 0 Å². The molecule has 0 aromatic carbocycles. The summed E-state index contributed by atoms with van der Waals surface area (Å²) < 4.78 is 5.23. The van der Waals surface area contributed by atoms with Gasteiger partial charge in [0.2, 0.25) is 0 Å². The second kappa shape index (κ2) is 2.53. The van der Waals surface area contributed by atoms with Crippen molar-refractivity contribution in [2.75, 3.05) is 13.2 Å². The zero-order valence-corrected chi connectivity index (χ0v) is 6.18. The molecule has 9 heavy (non-hydrogen) atoms. The van der Waals surface area contributed by atoms with Crippen LogP contribution in [-0.2, 0) is 4.74 Å². The van der Waals surface area contributed by atoms with Crippen LogP contribution in [-0.4, -0.2) is 13.2 Å². The average Bonchev–Trinajstić information content (AvgIpc) is 2.13. The van der Waals surface area contributed by atoms with Gasteiger partial charge in [0.25, 0.3) is 0 Å². The van der Waals surface area contributed by atoms with Gasteiger partial charge >= 0.3 is 0 Å². The van der Waals surface area contributed by atoms with Crippen LogP contribution in [0.2, 0.25) is 0 Å². The van der Waals surface area contributed by atoms with Crippen LogP contribution >= 0.6 is 0 Å². The van der Waals surface area contributed by atoms with Gasteiger partial charge in [-0.2, -0.15) is 0 Å². The molecule has 0 aliphatic carbocycles. The highest BCUT2D eigenvalue weighted by molar-refractivity contribution is 5.05. The third-order valence-corrected chi connectivity index (χ3v) is 1.91. The van der Waals surface area contributed by atoms with Gasteiger partial charge in [-0.05, 0) is 11.5 Å². The molecule has 1 atom stereocenters. The number of ether oxygens (including phenoxy) is 1. The molecule has 1 aliphatic rings. The smallest absolute Gasteiger partial charge is 0.0678 e. The first-order valence-corrected chi connectivity index (χ1v) is 3.47. The molecule has 0 aromatic rings. The minimum Gasteiger partial charge on any atom is -0.376 e. The van der Waals surface area contributed by atoms with E-state index >= 15 is 0 Å². The van der Waals surface area contributed by atoms with Crippen LogP contribution < -0.4 is 0 Å². The summed E-state index contributed by atoms with van der Waals surface area (Å²) in [5, 5.41) is 0. The Bertz CT molecular complexity index is 116. The largest absolute Gasteiger partial charge is 0.376 e. The molecule has 1 nitrogen and oxygen atoms in total. The van der Waals surface area contributed by atoms with Crippen LogP contribution in [0.3, 0.4) is 0 Å². The van der Waals surface area contributed by atoms with Crippen LogP contribution in [0, 0.1) is 11.8 Å². The van der Waals surface area contributed by atoms with Gasteiger partial charge in [0.05, 0.1) is 13.2 Å². The molecule has 1 heteroatoms. The van der Waals surface area contributed by atoms with Gasteiger partial charge in [0.15, 0.2) is 0 Å². The summed E-state index contributed by atoms with van der Waals surface area (Å²) in [6.45, 7) is 10.0. The summed E-state index contributed by atoms with van der Waals surface area (Å²) in [4.78, 5) is 0. The van der Waals surface area contributed by atoms with Crippen molar-refractivity contribution in [1.29, 1.82) is 0 Å². The summed E-state index contributed by atoms with van der Waals surface area (Å²) in [5.74, 6) is 1.31. The summed E-state index contributed by atoms with van der Waals surface area (Å²) in [6, 6.07) is 0. The summed E-state index contributed by atoms with van der Waals surface area (Å²) >= 11 is 0. The van der Waals surface area contributed by atoms with Gasteiger partial charge in [-0.15, -0.1) is 0 Å². The predicted octanol–water partition coefficient (Wildman–Crippen LogP) is 1.84. The van der Waals surface area contributed by atoms with Gasteiger partial charge in [-0.25, -0.2) is 0 Å². The molecule has 0 spiro atoms. The first-order valence-electron chi connectivity index (χ1n) is 3.47. The molecule has 0 amide bonds. The van der Waals surface area contributed by atoms with Crippen molar-refractivity contribution in [3.05, 3.63) is 12.2 Å². The third kappa shape index (κ3) is 1.33. The topological polar surface area (TPSA) is 9.23 Å². The first kappa shape index (κ1) is 6.81. The lowest BCUT2D eigenvalue weighted by atomic mass is 9.92. The minimum atomic E-state index is 0.616. The molecule has 52 valence electrons. The molecule has 1 rings (SSSR count). The standard InChI is InChI=1S/C8H14O/c1-6(2)8-5-9-4-7(8)3/h6,8H,3-5H2,1-2H3. The predicted molar refractivity (Wildman–Crippen MR) is 38.3 cm³/mol. The molecule has 0 saturated carbocycles. The summed E-state index contributed by atoms with van der Waals surface area (Å²) in [6.07, 6.45) is 0. The number of rotatable bonds is 1. The van der Waals surface area contributed by atoms with Crippen LogP contribution in [0.25, 0.3) is 0 Å². The molecule has 1 saturated heterocycles. The second-order valence-corrected chi connectivity index (χ2v) is 3.02. The normalized spacial score (nSPS) is 27.9. The molecule has 1 unspecified atom stereocenters. The fourth-order valence-corrected chi connectivity index (χ4v) is 1.21. The van der Waals surface area contributed by atoms with Crippen molar-refractivity contribution >= 4 is 0 Å². The highest BCUT2D eigenvalue weighted by Crippen LogP contribution is 2.24. The van der Waals surface area contributed by atoms with E-state index in [1.807, 2.05) is 0 Å². The van der Waals surface area contributed by atoms with Gasteiger partial charge in [-0.1, -0.05) is 20.4 Å². The number of hydrogen-bond donors (Lipinski definition) is 0. The van der Waals surface area contributed by atoms with Gasteiger partial charge in [0, 0.05) is 5.92 Å². The summed E-state index contributed by atoms with van der Waals surface area (Å²) in [7, 11) is 0. The first-order chi connectivity index (χ1) is 4.22. The Kier molecular flexibility index (Phi) is 1.91. The zero-order valence-electron chi connectivity index (χ0n) is 6.18. The molecular formula is C8H14O. The lowest BCUT2D eigenvalue weighted by molar-refractivity contribution is 0.177. The molecule has 0 aromatic heterocycles. The molecule has 1 heterocycles. The Balaban J connectivity index is 2.49. The van der Waals surface area contributed by atoms with E-state index in [9.17, 15) is 0 Å². The zero-order chi connectivity index (χ0) is 6.85. The lowest BCUT2D eigenvalue weighted by Gasteiger charge is -2.11. The van der Waals surface area contributed by atoms with Crippen molar-refractivity contribution in [3.63, 3.8) is 0 Å². The maximum atomic E-state index is 5.23. The van der Waals surface area contributed by atoms with E-state index in [-0.39, 0.29) is 0 Å². The maximum absolute atomic E-state index is 5.23. The average molecular weight is 126 g/mol. The van der Waals surface area contributed by atoms with Crippen molar-refractivity contribution in [3.8, 4) is 0 Å². The van der Waals surface area contributed by atoms with Gasteiger partial charge in [-0.3, -0.25) is 0 Å². The quantitative estimate of drug-likeness (QED) is 0.487. The number of hydrogen-bond acceptors (Lipinski definition) is 1. The lowest BCUT2D eigenvalue weighted by Crippen LogP contribution is -2.08. The van der Waals surface area contributed by atoms with E-state index in [0.717, 1.165) is 13.2 Å². The molecule has 0 N–H and O–H groups in total. The van der Waals surface area contributed by atoms with Gasteiger partial charge in [0.1, 0.15) is 0 Å². The molecule has 1 aliphatic heterocycles. The van der Waals surface area contributed by atoms with Crippen molar-refractivity contribution < 1.29 is 4.74 Å². The molecule has 1 fully saturated rings. The molecular weight excluding hydrogens is 112 g/mol. The highest BCUT2D eigenvalue weighted by Gasteiger charge is 2.22. The Morgan fingerprint density at radius 3 is 2.56 bits per heavy atom. The minimum absolute atomic E-state index is 0.616. The monoisotopic (exact) mass is 126 g/mol. The Hall–Kier alpha value is -0.300. The third-order valence-electron chi connectivity index (χ3n) is 1.91. The van der Waals surface area contributed by atoms with Crippen LogP contribution in [0.1, 0.15) is 13.8 Å². The highest BCUT2D eigenvalue weighted by atomic mass is 16.5. The SMILES string of the molecule is C=C1COCC1C(C)C. The Labute approximate surface area is 56.7 Å². The van der Waals surface area contributed by atoms with E-state index < -0.39 is 0 Å². The van der Waals surface area contributed by atoms with Crippen molar-refractivity contribution in [2.45, 2.75) is 13.8 Å². The van der Waals surface area contributed by atoms with E-state index in [4.69, 9.17) is 4.74 Å². The van der Waals surface area contributed by atoms with Crippen LogP contribution in [0.5, 0.6) is 0 Å². The Morgan fingerprint density at radius 1 is 1.67 bits per heavy atom. The molecule has 0 bridgehead atoms. The van der Waals surface area contributed by atoms with Crippen LogP contribution in [0.4, 0.5) is 0 Å². The van der Waals surface area contributed by atoms with E-state index in [0.29, 0.717) is 11.8 Å². The van der Waals surface area contributed by atoms with Crippen molar-refractivity contribution in [2.24, 2.45) is 11.8 Å². The summed E-state index contributed by atoms with van der Waals surface area (Å²) in [5.41, 5.74) is 1.27. The fraction of sp³-hybridized carbons (Fsp3) is 0.750. The van der Waals surface area contributed by atoms with E-state index in [2.05, 4.69) is 20.4 Å². The van der Waals surface area contributed by atoms with Crippen LogP contribution in [0.15, 0.2) is 12.2 Å². The van der Waals surface area contributed by atoms with Crippen molar-refractivity contribution in [1.82, 2.24) is 0 Å².